The van der Waals surface area contributed by atoms with Crippen LogP contribution in [0.3, 0.4) is 0 Å². The number of piperidine rings is 1. The number of nitrogens with one attached hydrogen (secondary N) is 1. The molecule has 7 nitrogen and oxygen atoms in total. The highest BCUT2D eigenvalue weighted by molar-refractivity contribution is 7.80. The average molecular weight is 313 g/mol. The third kappa shape index (κ3) is 2.91. The van der Waals surface area contributed by atoms with Gasteiger partial charge in [-0.15, -0.1) is 0 Å². The largest absolute Gasteiger partial charge is 0.392 e. The molecule has 0 aliphatic carbocycles. The number of hydrogen-bond donors (Lipinski definition) is 2. The summed E-state index contributed by atoms with van der Waals surface area (Å²) in [6, 6.07) is -0.700. The van der Waals surface area contributed by atoms with E-state index < -0.39 is 17.4 Å². The van der Waals surface area contributed by atoms with Crippen LogP contribution in [0.15, 0.2) is 0 Å². The lowest BCUT2D eigenvalue weighted by atomic mass is 9.79. The second-order valence-electron chi connectivity index (χ2n) is 5.41. The Balaban J connectivity index is 2.11. The van der Waals surface area contributed by atoms with Gasteiger partial charge in [0.2, 0.25) is 11.8 Å². The molecule has 0 aromatic carbocycles. The van der Waals surface area contributed by atoms with Gasteiger partial charge in [0.25, 0.3) is 5.91 Å². The van der Waals surface area contributed by atoms with Crippen molar-refractivity contribution in [2.24, 2.45) is 11.1 Å². The summed E-state index contributed by atoms with van der Waals surface area (Å²) in [5.41, 5.74) is 4.79. The normalized spacial score (nSPS) is 25.6. The van der Waals surface area contributed by atoms with Crippen LogP contribution in [-0.2, 0) is 19.1 Å². The monoisotopic (exact) mass is 313 g/mol. The minimum atomic E-state index is -0.964. The fourth-order valence-corrected chi connectivity index (χ4v) is 2.95. The Bertz CT molecular complexity index is 488. The zero-order chi connectivity index (χ0) is 15.6. The number of ether oxygens (including phenoxy) is 1. The van der Waals surface area contributed by atoms with Crippen LogP contribution in [0.2, 0.25) is 0 Å². The van der Waals surface area contributed by atoms with Crippen LogP contribution in [0, 0.1) is 5.41 Å². The molecule has 2 aliphatic rings. The first kappa shape index (κ1) is 15.8. The quantitative estimate of drug-likeness (QED) is 0.529. The van der Waals surface area contributed by atoms with Crippen LogP contribution in [0.5, 0.6) is 0 Å². The van der Waals surface area contributed by atoms with Gasteiger partial charge in [-0.3, -0.25) is 19.3 Å². The number of hydrogen-bond acceptors (Lipinski definition) is 5. The first-order chi connectivity index (χ1) is 9.88. The summed E-state index contributed by atoms with van der Waals surface area (Å²) in [4.78, 5) is 37.2. The number of imide groups is 1. The smallest absolute Gasteiger partial charge is 0.251 e. The predicted molar refractivity (Wildman–Crippen MR) is 78.2 cm³/mol. The molecule has 3 N–H and O–H groups in total. The summed E-state index contributed by atoms with van der Waals surface area (Å²) >= 11 is 5.05. The third-order valence-corrected chi connectivity index (χ3v) is 4.60. The Kier molecular flexibility index (Phi) is 4.58. The van der Waals surface area contributed by atoms with Crippen molar-refractivity contribution in [3.05, 3.63) is 0 Å². The fraction of sp³-hybridized carbons (Fsp3) is 0.692. The molecule has 116 valence electrons. The maximum Gasteiger partial charge on any atom is 0.251 e. The number of carbonyl (C=O) groups excluding carboxylic acids is 3. The second kappa shape index (κ2) is 6.07. The summed E-state index contributed by atoms with van der Waals surface area (Å²) in [6.45, 7) is 0.809. The van der Waals surface area contributed by atoms with E-state index in [0.717, 1.165) is 4.90 Å². The summed E-state index contributed by atoms with van der Waals surface area (Å²) in [7, 11) is 1.42. The molecule has 2 rings (SSSR count). The summed E-state index contributed by atoms with van der Waals surface area (Å²) in [6.07, 6.45) is 1.35. The Labute approximate surface area is 128 Å². The molecule has 0 aromatic rings. The van der Waals surface area contributed by atoms with Gasteiger partial charge in [0.1, 0.15) is 11.5 Å². The predicted octanol–water partition coefficient (Wildman–Crippen LogP) is -0.667. The molecule has 2 aliphatic heterocycles. The SMILES string of the molecule is CN1C(=O)CCC(NC(=O)C2(C(N)=S)CCOCC2)C1=O. The van der Waals surface area contributed by atoms with E-state index in [0.29, 0.717) is 32.5 Å². The van der Waals surface area contributed by atoms with E-state index in [1.165, 1.54) is 7.05 Å². The van der Waals surface area contributed by atoms with Gasteiger partial charge >= 0.3 is 0 Å². The lowest BCUT2D eigenvalue weighted by molar-refractivity contribution is -0.150. The molecule has 8 heteroatoms. The minimum absolute atomic E-state index is 0.121. The van der Waals surface area contributed by atoms with Crippen LogP contribution >= 0.6 is 12.2 Å². The summed E-state index contributed by atoms with van der Waals surface area (Å²) in [5.74, 6) is -0.982. The van der Waals surface area contributed by atoms with E-state index in [1.54, 1.807) is 0 Å². The molecule has 0 aromatic heterocycles. The maximum atomic E-state index is 12.6. The van der Waals surface area contributed by atoms with E-state index in [2.05, 4.69) is 5.32 Å². The Morgan fingerprint density at radius 2 is 2.05 bits per heavy atom. The van der Waals surface area contributed by atoms with Gasteiger partial charge in [-0.05, 0) is 19.3 Å². The number of likely N-dealkylation sites (tertiary alicyclic amines) is 1. The van der Waals surface area contributed by atoms with Gasteiger partial charge in [-0.25, -0.2) is 0 Å². The van der Waals surface area contributed by atoms with Gasteiger partial charge in [0, 0.05) is 26.7 Å². The number of likely N-dealkylation sites (N-methyl/N-ethyl adjacent to an activating group) is 1. The Morgan fingerprint density at radius 3 is 2.62 bits per heavy atom. The molecule has 1 atom stereocenters. The van der Waals surface area contributed by atoms with Crippen molar-refractivity contribution in [2.75, 3.05) is 20.3 Å². The summed E-state index contributed by atoms with van der Waals surface area (Å²) in [5, 5.41) is 2.71. The lowest BCUT2D eigenvalue weighted by Crippen LogP contribution is -2.59. The van der Waals surface area contributed by atoms with Crippen LogP contribution < -0.4 is 11.1 Å². The van der Waals surface area contributed by atoms with Crippen LogP contribution in [0.25, 0.3) is 0 Å². The molecule has 1 unspecified atom stereocenters. The highest BCUT2D eigenvalue weighted by Gasteiger charge is 2.45. The molecular formula is C13H19N3O4S. The van der Waals surface area contributed by atoms with Crippen molar-refractivity contribution in [2.45, 2.75) is 31.7 Å². The minimum Gasteiger partial charge on any atom is -0.392 e. The third-order valence-electron chi connectivity index (χ3n) is 4.21. The Hall–Kier alpha value is -1.54. The van der Waals surface area contributed by atoms with E-state index in [1.807, 2.05) is 0 Å². The van der Waals surface area contributed by atoms with Crippen LogP contribution in [-0.4, -0.2) is 53.9 Å². The molecule has 2 saturated heterocycles. The van der Waals surface area contributed by atoms with Crippen molar-refractivity contribution in [1.82, 2.24) is 10.2 Å². The van der Waals surface area contributed by atoms with Crippen LogP contribution in [0.4, 0.5) is 0 Å². The van der Waals surface area contributed by atoms with Gasteiger partial charge in [0.15, 0.2) is 0 Å². The fourth-order valence-electron chi connectivity index (χ4n) is 2.65. The lowest BCUT2D eigenvalue weighted by Gasteiger charge is -2.37. The highest BCUT2D eigenvalue weighted by Crippen LogP contribution is 2.31. The van der Waals surface area contributed by atoms with E-state index in [-0.39, 0.29) is 23.2 Å². The molecule has 3 amide bonds. The molecule has 2 heterocycles. The number of thiocarbonyl (C=S) groups is 1. The standard InChI is InChI=1S/C13H19N3O4S/c1-16-9(17)3-2-8(10(16)18)15-12(19)13(11(14)21)4-6-20-7-5-13/h8H,2-7H2,1H3,(H2,14,21)(H,15,19). The van der Waals surface area contributed by atoms with Crippen molar-refractivity contribution in [1.29, 1.82) is 0 Å². The first-order valence-corrected chi connectivity index (χ1v) is 7.28. The van der Waals surface area contributed by atoms with E-state index in [9.17, 15) is 14.4 Å². The molecular weight excluding hydrogens is 294 g/mol. The molecule has 0 bridgehead atoms. The first-order valence-electron chi connectivity index (χ1n) is 6.87. The molecule has 0 saturated carbocycles. The average Bonchev–Trinajstić information content (AvgIpc) is 2.48. The topological polar surface area (TPSA) is 102 Å². The zero-order valence-electron chi connectivity index (χ0n) is 11.9. The number of amides is 3. The van der Waals surface area contributed by atoms with Gasteiger partial charge in [0.05, 0.1) is 4.99 Å². The summed E-state index contributed by atoms with van der Waals surface area (Å²) < 4.78 is 5.25. The van der Waals surface area contributed by atoms with Gasteiger partial charge in [-0.1, -0.05) is 12.2 Å². The second-order valence-corrected chi connectivity index (χ2v) is 5.85. The van der Waals surface area contributed by atoms with Gasteiger partial charge in [-0.2, -0.15) is 0 Å². The van der Waals surface area contributed by atoms with E-state index in [4.69, 9.17) is 22.7 Å². The number of carbonyl (C=O) groups is 3. The Morgan fingerprint density at radius 1 is 1.43 bits per heavy atom. The van der Waals surface area contributed by atoms with Crippen molar-refractivity contribution >= 4 is 34.9 Å². The number of nitrogens with zero attached hydrogens (tertiary/aromatic N) is 1. The molecule has 0 radical (unpaired) electrons. The van der Waals surface area contributed by atoms with Gasteiger partial charge < -0.3 is 15.8 Å². The zero-order valence-corrected chi connectivity index (χ0v) is 12.7. The van der Waals surface area contributed by atoms with Crippen molar-refractivity contribution in [3.8, 4) is 0 Å². The van der Waals surface area contributed by atoms with Crippen LogP contribution in [0.1, 0.15) is 25.7 Å². The number of nitrogens with two attached hydrogens (primary N) is 1. The number of rotatable bonds is 3. The van der Waals surface area contributed by atoms with Crippen molar-refractivity contribution < 1.29 is 19.1 Å². The molecule has 2 fully saturated rings. The maximum absolute atomic E-state index is 12.6. The molecule has 21 heavy (non-hydrogen) atoms. The van der Waals surface area contributed by atoms with Crippen molar-refractivity contribution in [3.63, 3.8) is 0 Å². The highest BCUT2D eigenvalue weighted by atomic mass is 32.1. The van der Waals surface area contributed by atoms with E-state index >= 15 is 0 Å². The molecule has 0 spiro atoms.